The van der Waals surface area contributed by atoms with Crippen LogP contribution in [0.5, 0.6) is 5.88 Å². The number of hydrogen-bond donors (Lipinski definition) is 3. The number of carboxylic acid groups (broad SMARTS) is 1. The molecule has 98 valence electrons. The molecule has 0 aliphatic rings. The lowest BCUT2D eigenvalue weighted by atomic mass is 10.3. The van der Waals surface area contributed by atoms with Gasteiger partial charge >= 0.3 is 12.0 Å². The molecule has 0 fully saturated rings. The molecule has 18 heavy (non-hydrogen) atoms. The largest absolute Gasteiger partial charge is 0.481 e. The molecular formula is C11H15N3O4. The lowest BCUT2D eigenvalue weighted by Gasteiger charge is -2.07. The SMILES string of the molecule is COc1ccc(NC(=O)NCCCC(=O)O)cn1. The van der Waals surface area contributed by atoms with Crippen LogP contribution in [0.2, 0.25) is 0 Å². The number of carbonyl (C=O) groups is 2. The summed E-state index contributed by atoms with van der Waals surface area (Å²) < 4.78 is 4.88. The third-order valence-corrected chi connectivity index (χ3v) is 2.06. The van der Waals surface area contributed by atoms with Crippen molar-refractivity contribution >= 4 is 17.7 Å². The minimum atomic E-state index is -0.878. The van der Waals surface area contributed by atoms with Crippen molar-refractivity contribution in [2.24, 2.45) is 0 Å². The van der Waals surface area contributed by atoms with Gasteiger partial charge in [-0.3, -0.25) is 4.79 Å². The first-order valence-corrected chi connectivity index (χ1v) is 5.38. The Bertz CT molecular complexity index is 405. The van der Waals surface area contributed by atoms with Crippen LogP contribution in [-0.2, 0) is 4.79 Å². The summed E-state index contributed by atoms with van der Waals surface area (Å²) in [6.07, 6.45) is 1.89. The Morgan fingerprint density at radius 3 is 2.78 bits per heavy atom. The number of carbonyl (C=O) groups excluding carboxylic acids is 1. The molecule has 0 aliphatic heterocycles. The van der Waals surface area contributed by atoms with Crippen molar-refractivity contribution in [1.29, 1.82) is 0 Å². The Labute approximate surface area is 104 Å². The third kappa shape index (κ3) is 5.15. The van der Waals surface area contributed by atoms with Crippen molar-refractivity contribution in [3.8, 4) is 5.88 Å². The van der Waals surface area contributed by atoms with E-state index in [9.17, 15) is 9.59 Å². The molecule has 1 aromatic heterocycles. The topological polar surface area (TPSA) is 101 Å². The van der Waals surface area contributed by atoms with Crippen molar-refractivity contribution in [2.75, 3.05) is 19.0 Å². The van der Waals surface area contributed by atoms with E-state index in [1.165, 1.54) is 13.3 Å². The van der Waals surface area contributed by atoms with E-state index < -0.39 is 12.0 Å². The Morgan fingerprint density at radius 1 is 1.44 bits per heavy atom. The van der Waals surface area contributed by atoms with Gasteiger partial charge in [0, 0.05) is 19.0 Å². The molecule has 0 saturated carbocycles. The van der Waals surface area contributed by atoms with Crippen LogP contribution in [0.15, 0.2) is 18.3 Å². The van der Waals surface area contributed by atoms with Crippen molar-refractivity contribution in [3.05, 3.63) is 18.3 Å². The summed E-state index contributed by atoms with van der Waals surface area (Å²) in [5, 5.41) is 13.5. The van der Waals surface area contributed by atoms with Crippen LogP contribution >= 0.6 is 0 Å². The molecule has 0 aliphatic carbocycles. The van der Waals surface area contributed by atoms with Crippen molar-refractivity contribution < 1.29 is 19.4 Å². The van der Waals surface area contributed by atoms with Gasteiger partial charge in [0.2, 0.25) is 5.88 Å². The van der Waals surface area contributed by atoms with Gasteiger partial charge in [-0.25, -0.2) is 9.78 Å². The average molecular weight is 253 g/mol. The van der Waals surface area contributed by atoms with Crippen LogP contribution in [-0.4, -0.2) is 35.7 Å². The highest BCUT2D eigenvalue weighted by molar-refractivity contribution is 5.89. The molecule has 1 aromatic rings. The number of anilines is 1. The zero-order valence-electron chi connectivity index (χ0n) is 9.97. The highest BCUT2D eigenvalue weighted by Crippen LogP contribution is 2.10. The summed E-state index contributed by atoms with van der Waals surface area (Å²) in [6, 6.07) is 2.88. The number of pyridine rings is 1. The normalized spacial score (nSPS) is 9.61. The minimum Gasteiger partial charge on any atom is -0.481 e. The van der Waals surface area contributed by atoms with Crippen molar-refractivity contribution in [1.82, 2.24) is 10.3 Å². The van der Waals surface area contributed by atoms with Gasteiger partial charge in [-0.1, -0.05) is 0 Å². The highest BCUT2D eigenvalue weighted by atomic mass is 16.5. The Hall–Kier alpha value is -2.31. The Morgan fingerprint density at radius 2 is 2.22 bits per heavy atom. The van der Waals surface area contributed by atoms with Gasteiger partial charge in [-0.05, 0) is 12.5 Å². The number of rotatable bonds is 6. The number of carboxylic acids is 1. The highest BCUT2D eigenvalue weighted by Gasteiger charge is 2.02. The second-order valence-corrected chi connectivity index (χ2v) is 3.47. The molecule has 0 spiro atoms. The molecule has 1 heterocycles. The van der Waals surface area contributed by atoms with E-state index in [2.05, 4.69) is 15.6 Å². The molecule has 0 aromatic carbocycles. The summed E-state index contributed by atoms with van der Waals surface area (Å²) in [7, 11) is 1.50. The first-order chi connectivity index (χ1) is 8.61. The van der Waals surface area contributed by atoms with Crippen molar-refractivity contribution in [3.63, 3.8) is 0 Å². The summed E-state index contributed by atoms with van der Waals surface area (Å²) in [5.74, 6) is -0.418. The smallest absolute Gasteiger partial charge is 0.319 e. The van der Waals surface area contributed by atoms with E-state index in [4.69, 9.17) is 9.84 Å². The molecule has 2 amide bonds. The maximum Gasteiger partial charge on any atom is 0.319 e. The second kappa shape index (κ2) is 7.10. The van der Waals surface area contributed by atoms with E-state index in [-0.39, 0.29) is 6.42 Å². The van der Waals surface area contributed by atoms with Gasteiger partial charge in [0.1, 0.15) is 0 Å². The van der Waals surface area contributed by atoms with Gasteiger partial charge in [0.25, 0.3) is 0 Å². The van der Waals surface area contributed by atoms with Crippen LogP contribution < -0.4 is 15.4 Å². The predicted molar refractivity (Wildman–Crippen MR) is 64.7 cm³/mol. The molecular weight excluding hydrogens is 238 g/mol. The summed E-state index contributed by atoms with van der Waals surface area (Å²) in [6.45, 7) is 0.307. The van der Waals surface area contributed by atoms with Gasteiger partial charge in [-0.15, -0.1) is 0 Å². The van der Waals surface area contributed by atoms with Crippen LogP contribution in [0.3, 0.4) is 0 Å². The zero-order valence-corrected chi connectivity index (χ0v) is 9.97. The maximum atomic E-state index is 11.4. The molecule has 7 nitrogen and oxygen atoms in total. The first-order valence-electron chi connectivity index (χ1n) is 5.38. The molecule has 7 heteroatoms. The second-order valence-electron chi connectivity index (χ2n) is 3.47. The van der Waals surface area contributed by atoms with Crippen LogP contribution in [0, 0.1) is 0 Å². The first kappa shape index (κ1) is 13.8. The average Bonchev–Trinajstić information content (AvgIpc) is 2.35. The lowest BCUT2D eigenvalue weighted by Crippen LogP contribution is -2.29. The Kier molecular flexibility index (Phi) is 5.43. The van der Waals surface area contributed by atoms with Gasteiger partial charge in [0.15, 0.2) is 0 Å². The van der Waals surface area contributed by atoms with E-state index in [1.807, 2.05) is 0 Å². The number of ether oxygens (including phenoxy) is 1. The number of aliphatic carboxylic acids is 1. The van der Waals surface area contributed by atoms with Gasteiger partial charge in [-0.2, -0.15) is 0 Å². The number of nitrogens with zero attached hydrogens (tertiary/aromatic N) is 1. The van der Waals surface area contributed by atoms with Crippen LogP contribution in [0.25, 0.3) is 0 Å². The number of amides is 2. The standard InChI is InChI=1S/C11H15N3O4/c1-18-9-5-4-8(7-13-9)14-11(17)12-6-2-3-10(15)16/h4-5,7H,2-3,6H2,1H3,(H,15,16)(H2,12,14,17). The van der Waals surface area contributed by atoms with E-state index in [0.717, 1.165) is 0 Å². The minimum absolute atomic E-state index is 0.0321. The van der Waals surface area contributed by atoms with Crippen LogP contribution in [0.1, 0.15) is 12.8 Å². The fourth-order valence-corrected chi connectivity index (χ4v) is 1.19. The number of methoxy groups -OCH3 is 1. The molecule has 0 atom stereocenters. The monoisotopic (exact) mass is 253 g/mol. The molecule has 0 bridgehead atoms. The molecule has 0 unspecified atom stereocenters. The summed E-state index contributed by atoms with van der Waals surface area (Å²) >= 11 is 0. The third-order valence-electron chi connectivity index (χ3n) is 2.06. The van der Waals surface area contributed by atoms with E-state index >= 15 is 0 Å². The number of aromatic nitrogens is 1. The van der Waals surface area contributed by atoms with Gasteiger partial charge < -0.3 is 20.5 Å². The quantitative estimate of drug-likeness (QED) is 0.658. The number of hydrogen-bond acceptors (Lipinski definition) is 4. The lowest BCUT2D eigenvalue weighted by molar-refractivity contribution is -0.137. The van der Waals surface area contributed by atoms with Crippen LogP contribution in [0.4, 0.5) is 10.5 Å². The number of nitrogens with one attached hydrogen (secondary N) is 2. The molecule has 3 N–H and O–H groups in total. The fourth-order valence-electron chi connectivity index (χ4n) is 1.19. The predicted octanol–water partition coefficient (Wildman–Crippen LogP) is 1.08. The number of urea groups is 1. The molecule has 0 saturated heterocycles. The zero-order chi connectivity index (χ0) is 13.4. The molecule has 1 rings (SSSR count). The summed E-state index contributed by atoms with van der Waals surface area (Å²) in [4.78, 5) is 25.6. The Balaban J connectivity index is 2.28. The van der Waals surface area contributed by atoms with E-state index in [0.29, 0.717) is 24.5 Å². The van der Waals surface area contributed by atoms with Crippen molar-refractivity contribution in [2.45, 2.75) is 12.8 Å². The maximum absolute atomic E-state index is 11.4. The summed E-state index contributed by atoms with van der Waals surface area (Å²) in [5.41, 5.74) is 0.534. The van der Waals surface area contributed by atoms with E-state index in [1.54, 1.807) is 12.1 Å². The molecule has 0 radical (unpaired) electrons. The fraction of sp³-hybridized carbons (Fsp3) is 0.364. The van der Waals surface area contributed by atoms with Gasteiger partial charge in [0.05, 0.1) is 19.0 Å².